The van der Waals surface area contributed by atoms with Crippen LogP contribution in [0, 0.1) is 0 Å². The van der Waals surface area contributed by atoms with E-state index >= 15 is 0 Å². The van der Waals surface area contributed by atoms with Gasteiger partial charge in [-0.2, -0.15) is 0 Å². The first kappa shape index (κ1) is 20.8. The molecule has 1 aliphatic heterocycles. The molecule has 0 bridgehead atoms. The van der Waals surface area contributed by atoms with Crippen LogP contribution < -0.4 is 4.74 Å². The van der Waals surface area contributed by atoms with Crippen LogP contribution in [0.1, 0.15) is 30.1 Å². The van der Waals surface area contributed by atoms with Gasteiger partial charge in [0.1, 0.15) is 0 Å². The fraction of sp³-hybridized carbons (Fsp3) is 0.320. The predicted octanol–water partition coefficient (Wildman–Crippen LogP) is 3.99. The summed E-state index contributed by atoms with van der Waals surface area (Å²) in [5.41, 5.74) is 2.79. The molecule has 4 rings (SSSR count). The molecule has 1 aromatic heterocycles. The first-order chi connectivity index (χ1) is 15.1. The molecule has 0 unspecified atom stereocenters. The quantitative estimate of drug-likeness (QED) is 0.630. The zero-order valence-electron chi connectivity index (χ0n) is 18.0. The monoisotopic (exact) mass is 417 g/mol. The van der Waals surface area contributed by atoms with Crippen molar-refractivity contribution >= 4 is 22.6 Å². The molecule has 1 fully saturated rings. The number of hydrogen-bond donors (Lipinski definition) is 0. The van der Waals surface area contributed by atoms with E-state index in [0.717, 1.165) is 28.3 Å². The number of piperazine rings is 1. The van der Waals surface area contributed by atoms with E-state index < -0.39 is 0 Å². The number of carbonyl (C=O) groups excluding carboxylic acids is 2. The van der Waals surface area contributed by atoms with Crippen LogP contribution >= 0.6 is 0 Å². The fourth-order valence-corrected chi connectivity index (χ4v) is 3.93. The van der Waals surface area contributed by atoms with Gasteiger partial charge in [0.2, 0.25) is 11.8 Å². The number of ether oxygens (including phenoxy) is 1. The Morgan fingerprint density at radius 2 is 1.58 bits per heavy atom. The fourth-order valence-electron chi connectivity index (χ4n) is 3.93. The standard InChI is InChI=1S/C25H27N3O3/c1-3-4-24(29)27-11-13-28(14-12-27)25(30)19-7-5-18(6-8-19)20-9-10-21-17-26-23(31-2)16-22(21)15-20/h5-10,15-17H,3-4,11-14H2,1-2H3. The van der Waals surface area contributed by atoms with E-state index in [4.69, 9.17) is 4.74 Å². The van der Waals surface area contributed by atoms with Crippen molar-refractivity contribution in [2.24, 2.45) is 0 Å². The first-order valence-electron chi connectivity index (χ1n) is 10.7. The second-order valence-electron chi connectivity index (χ2n) is 7.79. The highest BCUT2D eigenvalue weighted by molar-refractivity contribution is 5.95. The summed E-state index contributed by atoms with van der Waals surface area (Å²) in [6.45, 7) is 4.39. The maximum absolute atomic E-state index is 12.9. The van der Waals surface area contributed by atoms with Crippen molar-refractivity contribution < 1.29 is 14.3 Å². The van der Waals surface area contributed by atoms with Crippen molar-refractivity contribution in [3.05, 3.63) is 60.3 Å². The van der Waals surface area contributed by atoms with E-state index in [9.17, 15) is 9.59 Å². The summed E-state index contributed by atoms with van der Waals surface area (Å²) in [6, 6.07) is 15.8. The summed E-state index contributed by atoms with van der Waals surface area (Å²) >= 11 is 0. The van der Waals surface area contributed by atoms with E-state index in [2.05, 4.69) is 17.1 Å². The second-order valence-corrected chi connectivity index (χ2v) is 7.79. The summed E-state index contributed by atoms with van der Waals surface area (Å²) in [4.78, 5) is 32.9. The molecule has 2 aromatic carbocycles. The maximum Gasteiger partial charge on any atom is 0.253 e. The van der Waals surface area contributed by atoms with E-state index in [-0.39, 0.29) is 11.8 Å². The maximum atomic E-state index is 12.9. The third kappa shape index (κ3) is 4.53. The van der Waals surface area contributed by atoms with Gasteiger partial charge in [0.15, 0.2) is 0 Å². The SMILES string of the molecule is CCCC(=O)N1CCN(C(=O)c2ccc(-c3ccc4cnc(OC)cc4c3)cc2)CC1. The second kappa shape index (κ2) is 9.16. The number of fused-ring (bicyclic) bond motifs is 1. The molecule has 31 heavy (non-hydrogen) atoms. The number of benzene rings is 2. The topological polar surface area (TPSA) is 62.7 Å². The molecule has 2 amide bonds. The average molecular weight is 418 g/mol. The normalized spacial score (nSPS) is 14.0. The number of pyridine rings is 1. The smallest absolute Gasteiger partial charge is 0.253 e. The van der Waals surface area contributed by atoms with Crippen molar-refractivity contribution in [3.63, 3.8) is 0 Å². The van der Waals surface area contributed by atoms with E-state index in [1.54, 1.807) is 13.3 Å². The van der Waals surface area contributed by atoms with Gasteiger partial charge in [-0.05, 0) is 41.1 Å². The van der Waals surface area contributed by atoms with Gasteiger partial charge in [-0.25, -0.2) is 4.98 Å². The largest absolute Gasteiger partial charge is 0.481 e. The summed E-state index contributed by atoms with van der Waals surface area (Å²) in [5.74, 6) is 0.785. The van der Waals surface area contributed by atoms with Gasteiger partial charge in [0.05, 0.1) is 7.11 Å². The minimum atomic E-state index is 0.0171. The molecular weight excluding hydrogens is 390 g/mol. The van der Waals surface area contributed by atoms with Crippen LogP contribution in [0.25, 0.3) is 21.9 Å². The lowest BCUT2D eigenvalue weighted by Crippen LogP contribution is -2.50. The van der Waals surface area contributed by atoms with Crippen LogP contribution in [0.4, 0.5) is 0 Å². The number of amides is 2. The van der Waals surface area contributed by atoms with Crippen LogP contribution in [-0.4, -0.2) is 59.9 Å². The van der Waals surface area contributed by atoms with Gasteiger partial charge >= 0.3 is 0 Å². The molecule has 6 nitrogen and oxygen atoms in total. The Bertz CT molecular complexity index is 1090. The summed E-state index contributed by atoms with van der Waals surface area (Å²) in [7, 11) is 1.61. The molecule has 1 aliphatic rings. The van der Waals surface area contributed by atoms with Gasteiger partial charge in [0, 0.05) is 55.8 Å². The number of carbonyl (C=O) groups is 2. The Morgan fingerprint density at radius 3 is 2.26 bits per heavy atom. The molecule has 3 aromatic rings. The van der Waals surface area contributed by atoms with Crippen molar-refractivity contribution in [2.75, 3.05) is 33.3 Å². The highest BCUT2D eigenvalue weighted by Gasteiger charge is 2.24. The molecule has 0 N–H and O–H groups in total. The number of aromatic nitrogens is 1. The lowest BCUT2D eigenvalue weighted by atomic mass is 10.0. The number of rotatable bonds is 5. The van der Waals surface area contributed by atoms with Crippen molar-refractivity contribution in [3.8, 4) is 17.0 Å². The highest BCUT2D eigenvalue weighted by atomic mass is 16.5. The lowest BCUT2D eigenvalue weighted by Gasteiger charge is -2.34. The Kier molecular flexibility index (Phi) is 6.16. The third-order valence-corrected chi connectivity index (χ3v) is 5.75. The van der Waals surface area contributed by atoms with Crippen LogP contribution in [0.15, 0.2) is 54.7 Å². The molecule has 160 valence electrons. The highest BCUT2D eigenvalue weighted by Crippen LogP contribution is 2.26. The predicted molar refractivity (Wildman–Crippen MR) is 121 cm³/mol. The summed E-state index contributed by atoms with van der Waals surface area (Å²) in [5, 5.41) is 2.10. The number of nitrogens with zero attached hydrogens (tertiary/aromatic N) is 3. The molecule has 6 heteroatoms. The number of methoxy groups -OCH3 is 1. The zero-order valence-corrected chi connectivity index (χ0v) is 18.0. The summed E-state index contributed by atoms with van der Waals surface area (Å²) < 4.78 is 5.22. The Morgan fingerprint density at radius 1 is 0.903 bits per heavy atom. The average Bonchev–Trinajstić information content (AvgIpc) is 2.83. The molecule has 2 heterocycles. The van der Waals surface area contributed by atoms with Crippen molar-refractivity contribution in [2.45, 2.75) is 19.8 Å². The molecule has 0 spiro atoms. The number of hydrogen-bond acceptors (Lipinski definition) is 4. The van der Waals surface area contributed by atoms with Gasteiger partial charge in [-0.1, -0.05) is 31.2 Å². The van der Waals surface area contributed by atoms with Gasteiger partial charge < -0.3 is 14.5 Å². The minimum Gasteiger partial charge on any atom is -0.481 e. The van der Waals surface area contributed by atoms with Crippen LogP contribution in [0.5, 0.6) is 5.88 Å². The van der Waals surface area contributed by atoms with Gasteiger partial charge in [-0.15, -0.1) is 0 Å². The molecule has 0 saturated carbocycles. The Hall–Kier alpha value is -3.41. The van der Waals surface area contributed by atoms with Crippen LogP contribution in [0.2, 0.25) is 0 Å². The van der Waals surface area contributed by atoms with E-state index in [1.165, 1.54) is 0 Å². The zero-order chi connectivity index (χ0) is 21.8. The molecule has 0 aliphatic carbocycles. The molecular formula is C25H27N3O3. The van der Waals surface area contributed by atoms with Gasteiger partial charge in [-0.3, -0.25) is 9.59 Å². The van der Waals surface area contributed by atoms with Crippen molar-refractivity contribution in [1.82, 2.24) is 14.8 Å². The van der Waals surface area contributed by atoms with E-state index in [0.29, 0.717) is 44.0 Å². The van der Waals surface area contributed by atoms with Crippen LogP contribution in [0.3, 0.4) is 0 Å². The molecule has 0 atom stereocenters. The van der Waals surface area contributed by atoms with Gasteiger partial charge in [0.25, 0.3) is 5.91 Å². The van der Waals surface area contributed by atoms with Crippen LogP contribution in [-0.2, 0) is 4.79 Å². The third-order valence-electron chi connectivity index (χ3n) is 5.75. The lowest BCUT2D eigenvalue weighted by molar-refractivity contribution is -0.132. The van der Waals surface area contributed by atoms with Crippen molar-refractivity contribution in [1.29, 1.82) is 0 Å². The molecule has 0 radical (unpaired) electrons. The Balaban J connectivity index is 1.45. The van der Waals surface area contributed by atoms with E-state index in [1.807, 2.05) is 53.1 Å². The summed E-state index contributed by atoms with van der Waals surface area (Å²) in [6.07, 6.45) is 3.23. The first-order valence-corrected chi connectivity index (χ1v) is 10.7. The Labute approximate surface area is 182 Å². The minimum absolute atomic E-state index is 0.0171. The molecule has 1 saturated heterocycles.